The summed E-state index contributed by atoms with van der Waals surface area (Å²) in [6.07, 6.45) is 0. The van der Waals surface area contributed by atoms with Crippen LogP contribution in [0.5, 0.6) is 0 Å². The van der Waals surface area contributed by atoms with Gasteiger partial charge in [0.25, 0.3) is 0 Å². The van der Waals surface area contributed by atoms with Gasteiger partial charge in [-0.1, -0.05) is 24.4 Å². The summed E-state index contributed by atoms with van der Waals surface area (Å²) in [6.45, 7) is 0. The van der Waals surface area contributed by atoms with Crippen LogP contribution in [0, 0.1) is 0 Å². The van der Waals surface area contributed by atoms with Crippen LogP contribution in [0.1, 0.15) is 1.43 Å². The van der Waals surface area contributed by atoms with Crippen LogP contribution in [0.25, 0.3) is 0 Å². The molecule has 0 aromatic rings. The average molecular weight is 281 g/mol. The maximum absolute atomic E-state index is 5.07. The quantitative estimate of drug-likeness (QED) is 0.323. The van der Waals surface area contributed by atoms with Crippen molar-refractivity contribution >= 4 is 54.7 Å². The molecule has 0 aliphatic rings. The molecule has 0 radical (unpaired) electrons. The Hall–Kier alpha value is 2.12. The third kappa shape index (κ3) is 9.07. The Kier molecular flexibility index (Phi) is 12.6. The van der Waals surface area contributed by atoms with E-state index in [0.29, 0.717) is 0 Å². The largest absolute Gasteiger partial charge is 1.00 e. The standard InChI is InChI=1S/C6H12N2S4.K.H/c1-7(2)5(9)11-12-6(10)8(3)4;;/h1-4H3;;/q;+1;-1. The molecule has 7 heteroatoms. The van der Waals surface area contributed by atoms with E-state index in [4.69, 9.17) is 24.4 Å². The molecule has 0 aromatic carbocycles. The Bertz CT molecular complexity index is 169. The van der Waals surface area contributed by atoms with Crippen LogP contribution in [0.15, 0.2) is 0 Å². The molecule has 0 atom stereocenters. The number of rotatable bonds is 0. The molecule has 0 rings (SSSR count). The predicted octanol–water partition coefficient (Wildman–Crippen LogP) is -0.823. The first-order valence-corrected chi connectivity index (χ1v) is 6.19. The minimum absolute atomic E-state index is 0. The molecule has 0 unspecified atom stereocenters. The summed E-state index contributed by atoms with van der Waals surface area (Å²) < 4.78 is 1.67. The second-order valence-corrected chi connectivity index (χ2v) is 5.88. The summed E-state index contributed by atoms with van der Waals surface area (Å²) >= 11 is 10.1. The average Bonchev–Trinajstić information content (AvgIpc) is 1.98. The number of hydrogen-bond donors (Lipinski definition) is 0. The van der Waals surface area contributed by atoms with E-state index < -0.39 is 0 Å². The van der Waals surface area contributed by atoms with Gasteiger partial charge in [0.15, 0.2) is 0 Å². The van der Waals surface area contributed by atoms with Gasteiger partial charge in [-0.25, -0.2) is 0 Å². The van der Waals surface area contributed by atoms with Gasteiger partial charge in [-0.05, 0) is 21.6 Å². The Morgan fingerprint density at radius 1 is 0.923 bits per heavy atom. The van der Waals surface area contributed by atoms with Crippen LogP contribution in [0.4, 0.5) is 0 Å². The zero-order chi connectivity index (χ0) is 9.72. The summed E-state index contributed by atoms with van der Waals surface area (Å²) in [6, 6.07) is 0. The van der Waals surface area contributed by atoms with Crippen molar-refractivity contribution in [3.8, 4) is 0 Å². The second-order valence-electron chi connectivity index (χ2n) is 2.49. The molecule has 0 N–H and O–H groups in total. The van der Waals surface area contributed by atoms with Crippen molar-refractivity contribution in [3.05, 3.63) is 0 Å². The molecule has 13 heavy (non-hydrogen) atoms. The van der Waals surface area contributed by atoms with Crippen molar-refractivity contribution in [2.75, 3.05) is 28.2 Å². The molecular weight excluding hydrogens is 267 g/mol. The van der Waals surface area contributed by atoms with E-state index in [0.717, 1.165) is 8.64 Å². The van der Waals surface area contributed by atoms with E-state index in [2.05, 4.69) is 0 Å². The van der Waals surface area contributed by atoms with Gasteiger partial charge in [0.05, 0.1) is 0 Å². The van der Waals surface area contributed by atoms with Gasteiger partial charge in [0.2, 0.25) is 0 Å². The van der Waals surface area contributed by atoms with Gasteiger partial charge in [-0.15, -0.1) is 0 Å². The summed E-state index contributed by atoms with van der Waals surface area (Å²) in [5.41, 5.74) is 0. The maximum Gasteiger partial charge on any atom is 1.00 e. The topological polar surface area (TPSA) is 6.48 Å². The van der Waals surface area contributed by atoms with Crippen molar-refractivity contribution in [2.24, 2.45) is 0 Å². The minimum atomic E-state index is 0. The van der Waals surface area contributed by atoms with Gasteiger partial charge in [0.1, 0.15) is 8.64 Å². The first kappa shape index (κ1) is 17.5. The number of nitrogens with zero attached hydrogens (tertiary/aromatic N) is 2. The first-order chi connectivity index (χ1) is 5.45. The van der Waals surface area contributed by atoms with Gasteiger partial charge in [-0.2, -0.15) is 0 Å². The predicted molar refractivity (Wildman–Crippen MR) is 68.9 cm³/mol. The SMILES string of the molecule is CN(C)C(=S)SSC(=S)N(C)C.[H-].[K+]. The molecule has 0 saturated carbocycles. The van der Waals surface area contributed by atoms with E-state index in [1.165, 1.54) is 21.6 Å². The zero-order valence-electron chi connectivity index (χ0n) is 9.53. The summed E-state index contributed by atoms with van der Waals surface area (Å²) in [4.78, 5) is 3.79. The maximum atomic E-state index is 5.07. The van der Waals surface area contributed by atoms with Gasteiger partial charge in [-0.3, -0.25) is 0 Å². The van der Waals surface area contributed by atoms with Crippen molar-refractivity contribution in [2.45, 2.75) is 0 Å². The van der Waals surface area contributed by atoms with Crippen molar-refractivity contribution in [1.82, 2.24) is 9.80 Å². The van der Waals surface area contributed by atoms with Crippen molar-refractivity contribution in [1.29, 1.82) is 0 Å². The molecule has 0 saturated heterocycles. The van der Waals surface area contributed by atoms with Crippen LogP contribution >= 0.6 is 46.0 Å². The van der Waals surface area contributed by atoms with Gasteiger partial charge in [0, 0.05) is 28.2 Å². The van der Waals surface area contributed by atoms with E-state index in [1.54, 1.807) is 0 Å². The molecule has 72 valence electrons. The van der Waals surface area contributed by atoms with Crippen LogP contribution in [-0.4, -0.2) is 46.6 Å². The first-order valence-electron chi connectivity index (χ1n) is 3.22. The molecule has 0 amide bonds. The van der Waals surface area contributed by atoms with Gasteiger partial charge >= 0.3 is 51.4 Å². The smallest absolute Gasteiger partial charge is 1.00 e. The Morgan fingerprint density at radius 3 is 1.31 bits per heavy atom. The summed E-state index contributed by atoms with van der Waals surface area (Å²) in [5, 5.41) is 0. The summed E-state index contributed by atoms with van der Waals surface area (Å²) in [7, 11) is 10.7. The van der Waals surface area contributed by atoms with Crippen molar-refractivity contribution < 1.29 is 52.8 Å². The third-order valence-electron chi connectivity index (χ3n) is 0.915. The fraction of sp³-hybridized carbons (Fsp3) is 0.667. The van der Waals surface area contributed by atoms with Crippen LogP contribution in [-0.2, 0) is 0 Å². The van der Waals surface area contributed by atoms with Crippen LogP contribution < -0.4 is 51.4 Å². The molecule has 2 nitrogen and oxygen atoms in total. The van der Waals surface area contributed by atoms with E-state index in [9.17, 15) is 0 Å². The molecular formula is C6H13KN2S4. The Labute approximate surface area is 143 Å². The normalized spacial score (nSPS) is 8.62. The van der Waals surface area contributed by atoms with Crippen LogP contribution in [0.2, 0.25) is 0 Å². The molecule has 0 aliphatic carbocycles. The minimum Gasteiger partial charge on any atom is -1.00 e. The number of thiocarbonyl (C=S) groups is 2. The van der Waals surface area contributed by atoms with Crippen LogP contribution in [0.3, 0.4) is 0 Å². The fourth-order valence-corrected chi connectivity index (χ4v) is 2.60. The van der Waals surface area contributed by atoms with E-state index >= 15 is 0 Å². The molecule has 0 aromatic heterocycles. The van der Waals surface area contributed by atoms with E-state index in [-0.39, 0.29) is 52.8 Å². The second kappa shape index (κ2) is 9.35. The fourth-order valence-electron chi connectivity index (χ4n) is 0.220. The molecule has 0 fully saturated rings. The molecule has 0 bridgehead atoms. The Morgan fingerprint density at radius 2 is 1.15 bits per heavy atom. The molecule has 0 spiro atoms. The molecule has 0 heterocycles. The van der Waals surface area contributed by atoms with Gasteiger partial charge < -0.3 is 11.2 Å². The van der Waals surface area contributed by atoms with E-state index in [1.807, 2.05) is 38.0 Å². The Balaban J connectivity index is -0.000000605. The third-order valence-corrected chi connectivity index (χ3v) is 5.07. The number of hydrogen-bond acceptors (Lipinski definition) is 4. The monoisotopic (exact) mass is 280 g/mol. The van der Waals surface area contributed by atoms with Crippen molar-refractivity contribution in [3.63, 3.8) is 0 Å². The summed E-state index contributed by atoms with van der Waals surface area (Å²) in [5.74, 6) is 0. The zero-order valence-corrected chi connectivity index (χ0v) is 14.9. The molecule has 0 aliphatic heterocycles.